The van der Waals surface area contributed by atoms with E-state index in [9.17, 15) is 0 Å². The summed E-state index contributed by atoms with van der Waals surface area (Å²) in [5.74, 6) is 1.53. The van der Waals surface area contributed by atoms with Gasteiger partial charge >= 0.3 is 6.01 Å². The van der Waals surface area contributed by atoms with E-state index < -0.39 is 0 Å². The summed E-state index contributed by atoms with van der Waals surface area (Å²) in [5.41, 5.74) is 1.81. The van der Waals surface area contributed by atoms with Gasteiger partial charge in [-0.3, -0.25) is 0 Å². The molecule has 1 aromatic carbocycles. The Balaban J connectivity index is 0.000000520. The summed E-state index contributed by atoms with van der Waals surface area (Å²) in [7, 11) is 0. The molecule has 0 aliphatic carbocycles. The Kier molecular flexibility index (Phi) is 13.5. The van der Waals surface area contributed by atoms with Crippen molar-refractivity contribution >= 4 is 0 Å². The van der Waals surface area contributed by atoms with E-state index in [2.05, 4.69) is 30.7 Å². The monoisotopic (exact) mass is 442 g/mol. The van der Waals surface area contributed by atoms with Crippen LogP contribution in [0.4, 0.5) is 0 Å². The number of ether oxygens (including phenoxy) is 3. The lowest BCUT2D eigenvalue weighted by Gasteiger charge is -2.12. The Hall–Kier alpha value is -2.14. The number of unbranched alkanes of at least 4 members (excludes halogenated alkanes) is 2. The molecule has 2 aromatic rings. The maximum absolute atomic E-state index is 5.81. The molecular formula is C27H42N2O3. The van der Waals surface area contributed by atoms with Crippen LogP contribution in [0.5, 0.6) is 11.8 Å². The Bertz CT molecular complexity index is 709. The van der Waals surface area contributed by atoms with Crippen molar-refractivity contribution < 1.29 is 14.2 Å². The van der Waals surface area contributed by atoms with Crippen LogP contribution in [0.25, 0.3) is 11.3 Å². The lowest BCUT2D eigenvalue weighted by Crippen LogP contribution is -2.05. The fourth-order valence-electron chi connectivity index (χ4n) is 3.37. The molecule has 1 atom stereocenters. The number of nitrogens with zero attached hydrogens (tertiary/aromatic N) is 2. The molecule has 1 aliphatic rings. The summed E-state index contributed by atoms with van der Waals surface area (Å²) in [6.07, 6.45) is 12.7. The van der Waals surface area contributed by atoms with Gasteiger partial charge in [-0.1, -0.05) is 76.8 Å². The van der Waals surface area contributed by atoms with Crippen molar-refractivity contribution in [3.05, 3.63) is 36.5 Å². The second kappa shape index (κ2) is 16.5. The van der Waals surface area contributed by atoms with E-state index >= 15 is 0 Å². The van der Waals surface area contributed by atoms with Crippen LogP contribution in [-0.4, -0.2) is 36.4 Å². The molecule has 1 unspecified atom stereocenters. The zero-order chi connectivity index (χ0) is 22.9. The summed E-state index contributed by atoms with van der Waals surface area (Å²) in [5, 5.41) is 0. The molecule has 0 bridgehead atoms. The van der Waals surface area contributed by atoms with Gasteiger partial charge in [0.15, 0.2) is 5.75 Å². The van der Waals surface area contributed by atoms with Crippen molar-refractivity contribution in [2.24, 2.45) is 5.92 Å². The molecule has 0 N–H and O–H groups in total. The highest BCUT2D eigenvalue weighted by molar-refractivity contribution is 5.65. The molecule has 1 saturated heterocycles. The summed E-state index contributed by atoms with van der Waals surface area (Å²) in [6.45, 7) is 9.96. The second-order valence-corrected chi connectivity index (χ2v) is 8.46. The van der Waals surface area contributed by atoms with Crippen LogP contribution in [0.2, 0.25) is 0 Å². The number of aromatic nitrogens is 2. The molecule has 0 saturated carbocycles. The van der Waals surface area contributed by atoms with Gasteiger partial charge in [0.2, 0.25) is 0 Å². The fraction of sp³-hybridized carbons (Fsp3) is 0.630. The minimum Gasteiger partial charge on any atom is -0.490 e. The van der Waals surface area contributed by atoms with E-state index in [-0.39, 0.29) is 0 Å². The van der Waals surface area contributed by atoms with Gasteiger partial charge in [0.25, 0.3) is 0 Å². The maximum atomic E-state index is 5.81. The average molecular weight is 443 g/mol. The molecule has 2 heterocycles. The van der Waals surface area contributed by atoms with Gasteiger partial charge in [-0.25, -0.2) is 0 Å². The molecule has 1 fully saturated rings. The lowest BCUT2D eigenvalue weighted by molar-refractivity contribution is 0.0968. The number of hydrogen-bond acceptors (Lipinski definition) is 5. The van der Waals surface area contributed by atoms with E-state index in [0.29, 0.717) is 25.0 Å². The van der Waals surface area contributed by atoms with Crippen LogP contribution >= 0.6 is 0 Å². The molecule has 5 heteroatoms. The van der Waals surface area contributed by atoms with Gasteiger partial charge in [0, 0.05) is 18.8 Å². The van der Waals surface area contributed by atoms with E-state index in [1.165, 1.54) is 44.9 Å². The van der Waals surface area contributed by atoms with E-state index in [1.54, 1.807) is 6.20 Å². The molecule has 3 rings (SSSR count). The van der Waals surface area contributed by atoms with Crippen LogP contribution in [0, 0.1) is 5.92 Å². The first-order valence-corrected chi connectivity index (χ1v) is 12.5. The topological polar surface area (TPSA) is 53.5 Å². The van der Waals surface area contributed by atoms with Gasteiger partial charge in [-0.2, -0.15) is 9.97 Å². The molecule has 1 aliphatic heterocycles. The normalized spacial score (nSPS) is 14.2. The van der Waals surface area contributed by atoms with Crippen LogP contribution in [-0.2, 0) is 4.74 Å². The fourth-order valence-corrected chi connectivity index (χ4v) is 3.37. The summed E-state index contributed by atoms with van der Waals surface area (Å²) in [4.78, 5) is 8.92. The summed E-state index contributed by atoms with van der Waals surface area (Å²) in [6, 6.07) is 10.5. The van der Waals surface area contributed by atoms with Crippen LogP contribution in [0.3, 0.4) is 0 Å². The maximum Gasteiger partial charge on any atom is 0.317 e. The third kappa shape index (κ3) is 10.4. The van der Waals surface area contributed by atoms with Crippen LogP contribution in [0.1, 0.15) is 78.6 Å². The van der Waals surface area contributed by atoms with Crippen molar-refractivity contribution in [3.8, 4) is 23.0 Å². The molecular weight excluding hydrogens is 400 g/mol. The van der Waals surface area contributed by atoms with Crippen molar-refractivity contribution in [1.29, 1.82) is 0 Å². The average Bonchev–Trinajstić information content (AvgIpc) is 2.87. The van der Waals surface area contributed by atoms with E-state index in [1.807, 2.05) is 30.3 Å². The lowest BCUT2D eigenvalue weighted by atomic mass is 10.0. The Labute approximate surface area is 194 Å². The molecule has 5 nitrogen and oxygen atoms in total. The van der Waals surface area contributed by atoms with Crippen LogP contribution < -0.4 is 9.47 Å². The first kappa shape index (κ1) is 26.1. The van der Waals surface area contributed by atoms with Gasteiger partial charge in [0.05, 0.1) is 19.4 Å². The van der Waals surface area contributed by atoms with Crippen LogP contribution in [0.15, 0.2) is 36.5 Å². The zero-order valence-electron chi connectivity index (χ0n) is 20.4. The second-order valence-electron chi connectivity index (χ2n) is 8.46. The van der Waals surface area contributed by atoms with Gasteiger partial charge < -0.3 is 14.2 Å². The Morgan fingerprint density at radius 3 is 2.34 bits per heavy atom. The number of hydrogen-bond donors (Lipinski definition) is 0. The molecule has 1 aromatic heterocycles. The van der Waals surface area contributed by atoms with Crippen molar-refractivity contribution in [3.63, 3.8) is 0 Å². The molecule has 0 amide bonds. The molecule has 32 heavy (non-hydrogen) atoms. The summed E-state index contributed by atoms with van der Waals surface area (Å²) >= 11 is 0. The van der Waals surface area contributed by atoms with Crippen molar-refractivity contribution in [2.75, 3.05) is 26.4 Å². The SMILES string of the molecule is C1CCOCC1.CCCOc1cnc(OCCCCCC(C)CC)nc1-c1ccccc1. The first-order valence-electron chi connectivity index (χ1n) is 12.5. The quantitative estimate of drug-likeness (QED) is 0.328. The van der Waals surface area contributed by atoms with Gasteiger partial charge in [-0.15, -0.1) is 0 Å². The predicted molar refractivity (Wildman–Crippen MR) is 131 cm³/mol. The molecule has 0 spiro atoms. The standard InChI is InChI=1S/C22H32N2O2.C5H10O/c1-4-15-25-20-17-23-22(24-21(20)19-13-9-6-10-14-19)26-16-11-7-8-12-18(3)5-2;1-2-4-6-5-3-1/h6,9-10,13-14,17-18H,4-5,7-8,11-12,15-16H2,1-3H3;1-5H2. The largest absolute Gasteiger partial charge is 0.490 e. The van der Waals surface area contributed by atoms with Crippen molar-refractivity contribution in [2.45, 2.75) is 78.6 Å². The van der Waals surface area contributed by atoms with Gasteiger partial charge in [-0.05, 0) is 38.0 Å². The minimum atomic E-state index is 0.426. The van der Waals surface area contributed by atoms with Crippen molar-refractivity contribution in [1.82, 2.24) is 9.97 Å². The smallest absolute Gasteiger partial charge is 0.317 e. The number of benzene rings is 1. The van der Waals surface area contributed by atoms with Gasteiger partial charge in [0.1, 0.15) is 5.69 Å². The van der Waals surface area contributed by atoms with E-state index in [4.69, 9.17) is 14.2 Å². The number of rotatable bonds is 12. The first-order chi connectivity index (χ1) is 15.7. The zero-order valence-corrected chi connectivity index (χ0v) is 20.4. The Morgan fingerprint density at radius 2 is 1.72 bits per heavy atom. The third-order valence-corrected chi connectivity index (χ3v) is 5.59. The summed E-state index contributed by atoms with van der Waals surface area (Å²) < 4.78 is 16.7. The molecule has 178 valence electrons. The highest BCUT2D eigenvalue weighted by atomic mass is 16.5. The predicted octanol–water partition coefficient (Wildman–Crippen LogP) is 7.10. The molecule has 0 radical (unpaired) electrons. The third-order valence-electron chi connectivity index (χ3n) is 5.59. The Morgan fingerprint density at radius 1 is 0.938 bits per heavy atom. The highest BCUT2D eigenvalue weighted by Crippen LogP contribution is 2.29. The van der Waals surface area contributed by atoms with E-state index in [0.717, 1.165) is 43.2 Å². The minimum absolute atomic E-state index is 0.426. The highest BCUT2D eigenvalue weighted by Gasteiger charge is 2.11.